The molecule has 0 radical (unpaired) electrons. The predicted molar refractivity (Wildman–Crippen MR) is 125 cm³/mol. The van der Waals surface area contributed by atoms with E-state index in [2.05, 4.69) is 14.5 Å². The Morgan fingerprint density at radius 1 is 0.938 bits per heavy atom. The van der Waals surface area contributed by atoms with Crippen LogP contribution in [0.1, 0.15) is 10.4 Å². The van der Waals surface area contributed by atoms with Gasteiger partial charge in [-0.25, -0.2) is 13.1 Å². The van der Waals surface area contributed by atoms with Crippen molar-refractivity contribution in [3.05, 3.63) is 48.0 Å². The van der Waals surface area contributed by atoms with Gasteiger partial charge < -0.3 is 25.2 Å². The van der Waals surface area contributed by atoms with Gasteiger partial charge in [-0.15, -0.1) is 0 Å². The minimum atomic E-state index is -3.66. The third-order valence-corrected chi connectivity index (χ3v) is 7.37. The molecule has 10 heteroatoms. The lowest BCUT2D eigenvalue weighted by Gasteiger charge is -2.37. The van der Waals surface area contributed by atoms with Gasteiger partial charge in [-0.3, -0.25) is 4.79 Å². The Kier molecular flexibility index (Phi) is 6.54. The fourth-order valence-corrected chi connectivity index (χ4v) is 4.83. The van der Waals surface area contributed by atoms with Gasteiger partial charge in [0.15, 0.2) is 0 Å². The molecule has 3 N–H and O–H groups in total. The number of morpholine rings is 1. The number of nitrogens with zero attached hydrogens (tertiary/aromatic N) is 3. The van der Waals surface area contributed by atoms with Crippen LogP contribution in [0.25, 0.3) is 0 Å². The molecule has 0 aromatic heterocycles. The number of amides is 1. The maximum atomic E-state index is 13.5. The highest BCUT2D eigenvalue weighted by Gasteiger charge is 2.28. The van der Waals surface area contributed by atoms with Crippen molar-refractivity contribution < 1.29 is 17.9 Å². The molecule has 2 aliphatic rings. The standard InChI is InChI=1S/C22H29N5O4S/c1-24-32(29,30)19-6-7-21(26-12-14-31-15-13-26)20(16-19)22(28)27-10-8-25(9-11-27)18-4-2-17(23)3-5-18/h2-7,16,24H,8-15,23H2,1H3. The first-order valence-corrected chi connectivity index (χ1v) is 12.2. The number of nitrogens with two attached hydrogens (primary N) is 1. The number of carbonyl (C=O) groups is 1. The number of nitrogen functional groups attached to an aromatic ring is 1. The lowest BCUT2D eigenvalue weighted by molar-refractivity contribution is 0.0746. The maximum absolute atomic E-state index is 13.5. The third-order valence-electron chi connectivity index (χ3n) is 5.95. The van der Waals surface area contributed by atoms with Crippen molar-refractivity contribution >= 4 is 33.0 Å². The molecule has 2 saturated heterocycles. The summed E-state index contributed by atoms with van der Waals surface area (Å²) in [6, 6.07) is 12.5. The summed E-state index contributed by atoms with van der Waals surface area (Å²) >= 11 is 0. The van der Waals surface area contributed by atoms with E-state index in [1.807, 2.05) is 24.3 Å². The first-order valence-electron chi connectivity index (χ1n) is 10.7. The third kappa shape index (κ3) is 4.67. The Morgan fingerprint density at radius 2 is 1.59 bits per heavy atom. The van der Waals surface area contributed by atoms with Gasteiger partial charge in [0.05, 0.1) is 23.7 Å². The van der Waals surface area contributed by atoms with Crippen LogP contribution >= 0.6 is 0 Å². The van der Waals surface area contributed by atoms with E-state index >= 15 is 0 Å². The highest BCUT2D eigenvalue weighted by molar-refractivity contribution is 7.89. The SMILES string of the molecule is CNS(=O)(=O)c1ccc(N2CCOCC2)c(C(=O)N2CCN(c3ccc(N)cc3)CC2)c1. The van der Waals surface area contributed by atoms with Crippen LogP contribution in [0.15, 0.2) is 47.4 Å². The van der Waals surface area contributed by atoms with Gasteiger partial charge in [-0.05, 0) is 49.5 Å². The van der Waals surface area contributed by atoms with E-state index < -0.39 is 10.0 Å². The summed E-state index contributed by atoms with van der Waals surface area (Å²) in [7, 11) is -2.30. The molecule has 2 fully saturated rings. The number of sulfonamides is 1. The normalized spacial score (nSPS) is 17.5. The Morgan fingerprint density at radius 3 is 2.22 bits per heavy atom. The van der Waals surface area contributed by atoms with Crippen LogP contribution in [0.2, 0.25) is 0 Å². The fraction of sp³-hybridized carbons (Fsp3) is 0.409. The van der Waals surface area contributed by atoms with Crippen molar-refractivity contribution in [3.63, 3.8) is 0 Å². The predicted octanol–water partition coefficient (Wildman–Crippen LogP) is 0.976. The fourth-order valence-electron chi connectivity index (χ4n) is 4.07. The average molecular weight is 460 g/mol. The summed E-state index contributed by atoms with van der Waals surface area (Å²) in [5.74, 6) is -0.156. The highest BCUT2D eigenvalue weighted by Crippen LogP contribution is 2.27. The monoisotopic (exact) mass is 459 g/mol. The van der Waals surface area contributed by atoms with Crippen LogP contribution < -0.4 is 20.3 Å². The number of rotatable bonds is 5. The summed E-state index contributed by atoms with van der Waals surface area (Å²) in [5.41, 5.74) is 8.72. The zero-order chi connectivity index (χ0) is 22.7. The molecule has 1 amide bonds. The molecule has 2 heterocycles. The molecule has 2 aromatic carbocycles. The Hall–Kier alpha value is -2.82. The van der Waals surface area contributed by atoms with Gasteiger partial charge in [-0.1, -0.05) is 0 Å². The molecule has 4 rings (SSSR count). The smallest absolute Gasteiger partial charge is 0.256 e. The van der Waals surface area contributed by atoms with E-state index in [9.17, 15) is 13.2 Å². The molecule has 2 aromatic rings. The minimum Gasteiger partial charge on any atom is -0.399 e. The van der Waals surface area contributed by atoms with Gasteiger partial charge in [-0.2, -0.15) is 0 Å². The van der Waals surface area contributed by atoms with Crippen molar-refractivity contribution in [2.24, 2.45) is 0 Å². The second-order valence-corrected chi connectivity index (χ2v) is 9.74. The van der Waals surface area contributed by atoms with Crippen molar-refractivity contribution in [2.75, 3.05) is 75.1 Å². The highest BCUT2D eigenvalue weighted by atomic mass is 32.2. The Bertz CT molecular complexity index is 1060. The summed E-state index contributed by atoms with van der Waals surface area (Å²) in [6.45, 7) is 4.94. The summed E-state index contributed by atoms with van der Waals surface area (Å²) in [6.07, 6.45) is 0. The van der Waals surface area contributed by atoms with Crippen molar-refractivity contribution in [3.8, 4) is 0 Å². The van der Waals surface area contributed by atoms with Crippen LogP contribution in [0.3, 0.4) is 0 Å². The lowest BCUT2D eigenvalue weighted by Crippen LogP contribution is -2.49. The Labute approximate surface area is 188 Å². The van der Waals surface area contributed by atoms with Gasteiger partial charge in [0, 0.05) is 56.3 Å². The number of hydrogen-bond donors (Lipinski definition) is 2. The molecule has 2 aliphatic heterocycles. The molecule has 172 valence electrons. The van der Waals surface area contributed by atoms with Crippen molar-refractivity contribution in [1.82, 2.24) is 9.62 Å². The molecule has 9 nitrogen and oxygen atoms in total. The number of benzene rings is 2. The zero-order valence-corrected chi connectivity index (χ0v) is 19.0. The number of piperazine rings is 1. The zero-order valence-electron chi connectivity index (χ0n) is 18.2. The second-order valence-electron chi connectivity index (χ2n) is 7.86. The molecular formula is C22H29N5O4S. The van der Waals surface area contributed by atoms with Gasteiger partial charge in [0.1, 0.15) is 0 Å². The van der Waals surface area contributed by atoms with Gasteiger partial charge in [0.2, 0.25) is 10.0 Å². The van der Waals surface area contributed by atoms with E-state index in [1.165, 1.54) is 13.1 Å². The number of nitrogens with one attached hydrogen (secondary N) is 1. The van der Waals surface area contributed by atoms with Gasteiger partial charge >= 0.3 is 0 Å². The molecule has 0 saturated carbocycles. The van der Waals surface area contributed by atoms with E-state index in [-0.39, 0.29) is 10.8 Å². The first-order chi connectivity index (χ1) is 15.4. The Balaban J connectivity index is 1.57. The van der Waals surface area contributed by atoms with E-state index in [0.717, 1.165) is 17.1 Å². The molecule has 0 atom stereocenters. The molecule has 32 heavy (non-hydrogen) atoms. The largest absolute Gasteiger partial charge is 0.399 e. The molecule has 0 unspecified atom stereocenters. The summed E-state index contributed by atoms with van der Waals surface area (Å²) in [5, 5.41) is 0. The van der Waals surface area contributed by atoms with Crippen LogP contribution in [0.4, 0.5) is 17.1 Å². The summed E-state index contributed by atoms with van der Waals surface area (Å²) in [4.78, 5) is 19.7. The second kappa shape index (κ2) is 9.35. The van der Waals surface area contributed by atoms with Crippen LogP contribution in [-0.2, 0) is 14.8 Å². The number of anilines is 3. The van der Waals surface area contributed by atoms with Crippen molar-refractivity contribution in [1.29, 1.82) is 0 Å². The van der Waals surface area contributed by atoms with Crippen LogP contribution in [0, 0.1) is 0 Å². The summed E-state index contributed by atoms with van der Waals surface area (Å²) < 4.78 is 32.5. The van der Waals surface area contributed by atoms with Crippen molar-refractivity contribution in [2.45, 2.75) is 4.90 Å². The van der Waals surface area contributed by atoms with E-state index in [0.29, 0.717) is 58.0 Å². The molecule has 0 bridgehead atoms. The number of ether oxygens (including phenoxy) is 1. The maximum Gasteiger partial charge on any atom is 0.256 e. The molecule has 0 aliphatic carbocycles. The molecular weight excluding hydrogens is 430 g/mol. The van der Waals surface area contributed by atoms with Crippen LogP contribution in [0.5, 0.6) is 0 Å². The van der Waals surface area contributed by atoms with Gasteiger partial charge in [0.25, 0.3) is 5.91 Å². The number of carbonyl (C=O) groups excluding carboxylic acids is 1. The topological polar surface area (TPSA) is 108 Å². The van der Waals surface area contributed by atoms with Crippen LogP contribution in [-0.4, -0.2) is 78.8 Å². The van der Waals surface area contributed by atoms with E-state index in [1.54, 1.807) is 17.0 Å². The minimum absolute atomic E-state index is 0.0841. The number of hydrogen-bond acceptors (Lipinski definition) is 7. The first kappa shape index (κ1) is 22.4. The quantitative estimate of drug-likeness (QED) is 0.642. The average Bonchev–Trinajstić information content (AvgIpc) is 2.84. The lowest BCUT2D eigenvalue weighted by atomic mass is 10.1. The molecule has 0 spiro atoms. The van der Waals surface area contributed by atoms with E-state index in [4.69, 9.17) is 10.5 Å².